The van der Waals surface area contributed by atoms with Crippen LogP contribution in [-0.4, -0.2) is 36.6 Å². The van der Waals surface area contributed by atoms with Crippen LogP contribution in [0.3, 0.4) is 0 Å². The molecule has 1 aromatic carbocycles. The molecule has 1 saturated heterocycles. The van der Waals surface area contributed by atoms with E-state index < -0.39 is 0 Å². The van der Waals surface area contributed by atoms with Crippen molar-refractivity contribution in [3.63, 3.8) is 0 Å². The number of amides is 1. The average molecular weight is 351 g/mol. The van der Waals surface area contributed by atoms with Crippen LogP contribution in [0.5, 0.6) is 5.75 Å². The van der Waals surface area contributed by atoms with Crippen LogP contribution in [-0.2, 0) is 6.42 Å². The molecule has 5 nitrogen and oxygen atoms in total. The van der Waals surface area contributed by atoms with E-state index in [4.69, 9.17) is 4.74 Å². The molecule has 1 saturated carbocycles. The molecule has 0 unspecified atom stereocenters. The van der Waals surface area contributed by atoms with Gasteiger partial charge in [-0.2, -0.15) is 0 Å². The Morgan fingerprint density at radius 3 is 2.73 bits per heavy atom. The fourth-order valence-corrected chi connectivity index (χ4v) is 3.53. The molecule has 2 fully saturated rings. The maximum Gasteiger partial charge on any atom is 0.270 e. The average Bonchev–Trinajstić information content (AvgIpc) is 3.33. The van der Waals surface area contributed by atoms with E-state index in [1.54, 1.807) is 13.3 Å². The molecule has 2 aromatic rings. The van der Waals surface area contributed by atoms with E-state index >= 15 is 0 Å². The fraction of sp³-hybridized carbons (Fsp3) is 0.429. The number of hydrogen-bond acceptors (Lipinski definition) is 4. The molecule has 2 aliphatic rings. The van der Waals surface area contributed by atoms with Gasteiger partial charge in [0.25, 0.3) is 5.91 Å². The smallest absolute Gasteiger partial charge is 0.270 e. The van der Waals surface area contributed by atoms with Crippen molar-refractivity contribution >= 4 is 11.6 Å². The van der Waals surface area contributed by atoms with Crippen molar-refractivity contribution < 1.29 is 9.53 Å². The summed E-state index contributed by atoms with van der Waals surface area (Å²) < 4.78 is 5.49. The Morgan fingerprint density at radius 1 is 1.27 bits per heavy atom. The van der Waals surface area contributed by atoms with Gasteiger partial charge in [-0.1, -0.05) is 17.7 Å². The normalized spacial score (nSPS) is 17.4. The van der Waals surface area contributed by atoms with Crippen molar-refractivity contribution in [2.24, 2.45) is 0 Å². The van der Waals surface area contributed by atoms with E-state index in [1.807, 2.05) is 24.3 Å². The van der Waals surface area contributed by atoms with Gasteiger partial charge in [0.15, 0.2) is 0 Å². The maximum absolute atomic E-state index is 12.8. The van der Waals surface area contributed by atoms with Gasteiger partial charge >= 0.3 is 0 Å². The number of carbonyl (C=O) groups is 1. The Balaban J connectivity index is 1.48. The summed E-state index contributed by atoms with van der Waals surface area (Å²) in [4.78, 5) is 19.3. The zero-order chi connectivity index (χ0) is 18.1. The number of carbonyl (C=O) groups excluding carboxylic acids is 1. The summed E-state index contributed by atoms with van der Waals surface area (Å²) in [6.45, 7) is 4.19. The lowest BCUT2D eigenvalue weighted by Crippen LogP contribution is -2.40. The van der Waals surface area contributed by atoms with Crippen molar-refractivity contribution in [2.45, 2.75) is 38.1 Å². The number of rotatable bonds is 6. The second kappa shape index (κ2) is 6.63. The van der Waals surface area contributed by atoms with Crippen LogP contribution in [0.1, 0.15) is 40.9 Å². The lowest BCUT2D eigenvalue weighted by atomic mass is 10.0. The summed E-state index contributed by atoms with van der Waals surface area (Å²) in [5.74, 6) is 0.797. The van der Waals surface area contributed by atoms with Crippen LogP contribution in [0.4, 0.5) is 5.69 Å². The number of benzene rings is 1. The Hall–Kier alpha value is -2.56. The molecular formula is C21H25N3O2. The highest BCUT2D eigenvalue weighted by atomic mass is 16.5. The molecule has 1 N–H and O–H groups in total. The van der Waals surface area contributed by atoms with Gasteiger partial charge in [0.05, 0.1) is 7.11 Å². The Bertz CT molecular complexity index is 826. The van der Waals surface area contributed by atoms with E-state index in [1.165, 1.54) is 12.0 Å². The van der Waals surface area contributed by atoms with Gasteiger partial charge in [0, 0.05) is 30.5 Å². The molecule has 2 heterocycles. The van der Waals surface area contributed by atoms with Crippen LogP contribution in [0.2, 0.25) is 0 Å². The van der Waals surface area contributed by atoms with Crippen LogP contribution in [0.25, 0.3) is 0 Å². The molecule has 4 rings (SSSR count). The van der Waals surface area contributed by atoms with E-state index in [0.29, 0.717) is 5.69 Å². The monoisotopic (exact) mass is 351 g/mol. The van der Waals surface area contributed by atoms with Crippen molar-refractivity contribution in [1.82, 2.24) is 10.3 Å². The molecule has 0 radical (unpaired) electrons. The SMILES string of the molecule is COc1ccc(C)cc1CC1(NC(=O)c2cc(N3CCC3)ccn2)CC1. The number of aryl methyl sites for hydroxylation is 1. The Morgan fingerprint density at radius 2 is 2.08 bits per heavy atom. The number of nitrogens with one attached hydrogen (secondary N) is 1. The first-order chi connectivity index (χ1) is 12.6. The minimum Gasteiger partial charge on any atom is -0.496 e. The largest absolute Gasteiger partial charge is 0.496 e. The molecule has 1 aliphatic heterocycles. The number of aromatic nitrogens is 1. The molecule has 1 amide bonds. The van der Waals surface area contributed by atoms with Gasteiger partial charge in [0.2, 0.25) is 0 Å². The molecule has 1 aliphatic carbocycles. The molecule has 5 heteroatoms. The predicted molar refractivity (Wildman–Crippen MR) is 102 cm³/mol. The molecule has 0 spiro atoms. The van der Waals surface area contributed by atoms with Crippen LogP contribution in [0, 0.1) is 6.92 Å². The summed E-state index contributed by atoms with van der Waals surface area (Å²) in [6.07, 6.45) is 5.70. The van der Waals surface area contributed by atoms with Gasteiger partial charge in [-0.25, -0.2) is 0 Å². The zero-order valence-electron chi connectivity index (χ0n) is 15.4. The summed E-state index contributed by atoms with van der Waals surface area (Å²) >= 11 is 0. The first-order valence-corrected chi connectivity index (χ1v) is 9.26. The standard InChI is InChI=1S/C21H25N3O2/c1-15-4-5-19(26-2)16(12-15)14-21(7-8-21)23-20(25)18-13-17(6-9-22-18)24-10-3-11-24/h4-6,9,12-13H,3,7-8,10-11,14H2,1-2H3,(H,23,25). The first kappa shape index (κ1) is 16.9. The minimum absolute atomic E-state index is 0.0866. The molecule has 0 bridgehead atoms. The van der Waals surface area contributed by atoms with Crippen molar-refractivity contribution in [3.05, 3.63) is 53.3 Å². The van der Waals surface area contributed by atoms with Gasteiger partial charge < -0.3 is 15.0 Å². The number of anilines is 1. The number of ether oxygens (including phenoxy) is 1. The molecule has 0 atom stereocenters. The van der Waals surface area contributed by atoms with E-state index in [0.717, 1.165) is 49.4 Å². The van der Waals surface area contributed by atoms with Crippen LogP contribution >= 0.6 is 0 Å². The molecule has 1 aromatic heterocycles. The maximum atomic E-state index is 12.8. The second-order valence-electron chi connectivity index (χ2n) is 7.47. The number of nitrogens with zero attached hydrogens (tertiary/aromatic N) is 2. The highest BCUT2D eigenvalue weighted by molar-refractivity contribution is 5.94. The van der Waals surface area contributed by atoms with Crippen LogP contribution in [0.15, 0.2) is 36.5 Å². The Kier molecular flexibility index (Phi) is 4.31. The topological polar surface area (TPSA) is 54.5 Å². The van der Waals surface area contributed by atoms with Gasteiger partial charge in [-0.15, -0.1) is 0 Å². The summed E-state index contributed by atoms with van der Waals surface area (Å²) in [5, 5.41) is 3.23. The first-order valence-electron chi connectivity index (χ1n) is 9.26. The zero-order valence-corrected chi connectivity index (χ0v) is 15.4. The summed E-state index contributed by atoms with van der Waals surface area (Å²) in [6, 6.07) is 10.1. The van der Waals surface area contributed by atoms with Gasteiger partial charge in [-0.05, 0) is 56.4 Å². The van der Waals surface area contributed by atoms with Crippen molar-refractivity contribution in [2.75, 3.05) is 25.1 Å². The van der Waals surface area contributed by atoms with Crippen molar-refractivity contribution in [1.29, 1.82) is 0 Å². The molecular weight excluding hydrogens is 326 g/mol. The third kappa shape index (κ3) is 3.39. The fourth-order valence-electron chi connectivity index (χ4n) is 3.53. The third-order valence-electron chi connectivity index (χ3n) is 5.39. The molecule has 26 heavy (non-hydrogen) atoms. The van der Waals surface area contributed by atoms with Crippen LogP contribution < -0.4 is 15.0 Å². The third-order valence-corrected chi connectivity index (χ3v) is 5.39. The van der Waals surface area contributed by atoms with Crippen molar-refractivity contribution in [3.8, 4) is 5.75 Å². The lowest BCUT2D eigenvalue weighted by Gasteiger charge is -2.33. The quantitative estimate of drug-likeness (QED) is 0.869. The molecule has 136 valence electrons. The van der Waals surface area contributed by atoms with E-state index in [9.17, 15) is 4.79 Å². The predicted octanol–water partition coefficient (Wildman–Crippen LogP) is 3.11. The summed E-state index contributed by atoms with van der Waals surface area (Å²) in [7, 11) is 1.69. The van der Waals surface area contributed by atoms with E-state index in [2.05, 4.69) is 28.2 Å². The summed E-state index contributed by atoms with van der Waals surface area (Å²) in [5.41, 5.74) is 3.75. The van der Waals surface area contributed by atoms with Gasteiger partial charge in [-0.3, -0.25) is 9.78 Å². The second-order valence-corrected chi connectivity index (χ2v) is 7.47. The minimum atomic E-state index is -0.174. The highest BCUT2D eigenvalue weighted by Gasteiger charge is 2.44. The van der Waals surface area contributed by atoms with Gasteiger partial charge in [0.1, 0.15) is 11.4 Å². The highest BCUT2D eigenvalue weighted by Crippen LogP contribution is 2.41. The lowest BCUT2D eigenvalue weighted by molar-refractivity contribution is 0.0926. The number of methoxy groups -OCH3 is 1. The number of pyridine rings is 1. The number of hydrogen-bond donors (Lipinski definition) is 1. The van der Waals surface area contributed by atoms with E-state index in [-0.39, 0.29) is 11.4 Å². The Labute approximate surface area is 154 Å².